The Kier molecular flexibility index (Phi) is 6.72. The summed E-state index contributed by atoms with van der Waals surface area (Å²) in [6, 6.07) is 11.9. The summed E-state index contributed by atoms with van der Waals surface area (Å²) < 4.78 is 31.5. The Bertz CT molecular complexity index is 939. The second-order valence-electron chi connectivity index (χ2n) is 7.05. The van der Waals surface area contributed by atoms with Crippen LogP contribution >= 0.6 is 0 Å². The first-order valence-electron chi connectivity index (χ1n) is 9.05. The molecule has 0 radical (unpaired) electrons. The molecule has 152 valence electrons. The quantitative estimate of drug-likeness (QED) is 0.768. The molecule has 2 atom stereocenters. The average Bonchev–Trinajstić information content (AvgIpc) is 2.61. The third-order valence-corrected chi connectivity index (χ3v) is 5.82. The molecule has 2 rings (SSSR count). The normalized spacial score (nSPS) is 13.5. The maximum Gasteiger partial charge on any atom is 0.244 e. The average molecular weight is 405 g/mol. The van der Waals surface area contributed by atoms with Crippen molar-refractivity contribution in [3.05, 3.63) is 59.2 Å². The topological polar surface area (TPSA) is 75.7 Å². The van der Waals surface area contributed by atoms with E-state index < -0.39 is 16.1 Å². The van der Waals surface area contributed by atoms with E-state index >= 15 is 0 Å². The molecule has 28 heavy (non-hydrogen) atoms. The molecule has 0 heterocycles. The van der Waals surface area contributed by atoms with Gasteiger partial charge in [0, 0.05) is 0 Å². The van der Waals surface area contributed by atoms with Gasteiger partial charge in [-0.3, -0.25) is 9.10 Å². The molecule has 0 aliphatic carbocycles. The molecular weight excluding hydrogens is 376 g/mol. The predicted octanol–water partition coefficient (Wildman–Crippen LogP) is 3.34. The van der Waals surface area contributed by atoms with Gasteiger partial charge >= 0.3 is 0 Å². The third-order valence-electron chi connectivity index (χ3n) is 4.60. The van der Waals surface area contributed by atoms with Crippen molar-refractivity contribution in [1.29, 1.82) is 0 Å². The van der Waals surface area contributed by atoms with Crippen LogP contribution < -0.4 is 14.4 Å². The summed E-state index contributed by atoms with van der Waals surface area (Å²) in [6.45, 7) is 7.29. The predicted molar refractivity (Wildman–Crippen MR) is 112 cm³/mol. The second-order valence-corrected chi connectivity index (χ2v) is 8.91. The van der Waals surface area contributed by atoms with Crippen LogP contribution in [-0.4, -0.2) is 33.7 Å². The molecule has 7 heteroatoms. The maximum atomic E-state index is 12.9. The first-order chi connectivity index (χ1) is 13.0. The fourth-order valence-electron chi connectivity index (χ4n) is 3.03. The lowest BCUT2D eigenvalue weighted by Crippen LogP contribution is -2.48. The molecule has 2 unspecified atom stereocenters. The van der Waals surface area contributed by atoms with Crippen LogP contribution in [0.2, 0.25) is 0 Å². The Morgan fingerprint density at radius 2 is 1.61 bits per heavy atom. The molecule has 0 saturated heterocycles. The molecule has 0 saturated carbocycles. The third kappa shape index (κ3) is 5.04. The highest BCUT2D eigenvalue weighted by Gasteiger charge is 2.32. The van der Waals surface area contributed by atoms with Gasteiger partial charge in [0.2, 0.25) is 15.9 Å². The highest BCUT2D eigenvalue weighted by atomic mass is 32.2. The number of carbonyl (C=O) groups is 1. The van der Waals surface area contributed by atoms with E-state index in [-0.39, 0.29) is 11.9 Å². The summed E-state index contributed by atoms with van der Waals surface area (Å²) in [5.41, 5.74) is 3.29. The monoisotopic (exact) mass is 404 g/mol. The fraction of sp³-hybridized carbons (Fsp3) is 0.381. The molecule has 1 N–H and O–H groups in total. The van der Waals surface area contributed by atoms with Crippen molar-refractivity contribution in [2.24, 2.45) is 0 Å². The molecule has 0 aromatic heterocycles. The highest BCUT2D eigenvalue weighted by Crippen LogP contribution is 2.32. The van der Waals surface area contributed by atoms with Gasteiger partial charge in [-0.15, -0.1) is 0 Å². The summed E-state index contributed by atoms with van der Waals surface area (Å²) in [4.78, 5) is 12.9. The van der Waals surface area contributed by atoms with E-state index in [1.54, 1.807) is 19.1 Å². The van der Waals surface area contributed by atoms with Crippen LogP contribution in [0.5, 0.6) is 5.75 Å². The Morgan fingerprint density at radius 1 is 1.04 bits per heavy atom. The number of methoxy groups -OCH3 is 1. The van der Waals surface area contributed by atoms with Gasteiger partial charge in [-0.05, 0) is 51.0 Å². The van der Waals surface area contributed by atoms with Crippen molar-refractivity contribution in [3.63, 3.8) is 0 Å². The first-order valence-corrected chi connectivity index (χ1v) is 10.9. The first kappa shape index (κ1) is 21.8. The van der Waals surface area contributed by atoms with E-state index in [4.69, 9.17) is 4.74 Å². The van der Waals surface area contributed by atoms with Gasteiger partial charge in [0.15, 0.2) is 0 Å². The van der Waals surface area contributed by atoms with Crippen molar-refractivity contribution in [3.8, 4) is 5.75 Å². The minimum absolute atomic E-state index is 0.253. The molecule has 0 bridgehead atoms. The summed E-state index contributed by atoms with van der Waals surface area (Å²) in [5, 5.41) is 2.90. The van der Waals surface area contributed by atoms with Gasteiger partial charge in [-0.2, -0.15) is 0 Å². The van der Waals surface area contributed by atoms with Gasteiger partial charge in [0.05, 0.1) is 25.1 Å². The van der Waals surface area contributed by atoms with E-state index in [2.05, 4.69) is 5.32 Å². The number of ether oxygens (including phenoxy) is 1. The summed E-state index contributed by atoms with van der Waals surface area (Å²) in [7, 11) is -2.25. The lowest BCUT2D eigenvalue weighted by atomic mass is 10.1. The fourth-order valence-corrected chi connectivity index (χ4v) is 4.20. The van der Waals surface area contributed by atoms with Crippen molar-refractivity contribution < 1.29 is 17.9 Å². The number of anilines is 1. The van der Waals surface area contributed by atoms with E-state index in [1.807, 2.05) is 51.1 Å². The molecule has 0 aliphatic heterocycles. The second kappa shape index (κ2) is 8.65. The minimum Gasteiger partial charge on any atom is -0.495 e. The molecule has 6 nitrogen and oxygen atoms in total. The molecule has 2 aromatic rings. The van der Waals surface area contributed by atoms with Crippen LogP contribution in [-0.2, 0) is 14.8 Å². The van der Waals surface area contributed by atoms with Gasteiger partial charge < -0.3 is 10.1 Å². The van der Waals surface area contributed by atoms with Crippen molar-refractivity contribution >= 4 is 21.6 Å². The Labute approximate surface area is 167 Å². The Hall–Kier alpha value is -2.54. The zero-order chi connectivity index (χ0) is 21.1. The number of amides is 1. The lowest BCUT2D eigenvalue weighted by molar-refractivity contribution is -0.122. The highest BCUT2D eigenvalue weighted by molar-refractivity contribution is 7.92. The van der Waals surface area contributed by atoms with Gasteiger partial charge in [0.1, 0.15) is 11.8 Å². The smallest absolute Gasteiger partial charge is 0.244 e. The lowest BCUT2D eigenvalue weighted by Gasteiger charge is -2.30. The maximum absolute atomic E-state index is 12.9. The van der Waals surface area contributed by atoms with Gasteiger partial charge in [-0.25, -0.2) is 8.42 Å². The number of carbonyl (C=O) groups excluding carboxylic acids is 1. The molecular formula is C21H28N2O4S. The minimum atomic E-state index is -3.73. The van der Waals surface area contributed by atoms with Crippen molar-refractivity contribution in [2.45, 2.75) is 39.8 Å². The van der Waals surface area contributed by atoms with Crippen molar-refractivity contribution in [2.75, 3.05) is 17.7 Å². The molecule has 1 amide bonds. The van der Waals surface area contributed by atoms with Crippen LogP contribution in [0, 0.1) is 13.8 Å². The summed E-state index contributed by atoms with van der Waals surface area (Å²) >= 11 is 0. The van der Waals surface area contributed by atoms with E-state index in [1.165, 1.54) is 7.11 Å². The molecule has 0 spiro atoms. The molecule has 0 aliphatic rings. The number of rotatable bonds is 7. The summed E-state index contributed by atoms with van der Waals surface area (Å²) in [5.74, 6) is 0.00400. The Morgan fingerprint density at radius 3 is 2.14 bits per heavy atom. The van der Waals surface area contributed by atoms with Gasteiger partial charge in [0.25, 0.3) is 0 Å². The zero-order valence-electron chi connectivity index (χ0n) is 17.2. The number of nitrogens with one attached hydrogen (secondary N) is 1. The SMILES string of the molecule is COc1ccc(C)cc1N(C(C)C(=O)NC(C)c1ccc(C)cc1)S(C)(=O)=O. The van der Waals surface area contributed by atoms with E-state index in [0.717, 1.165) is 27.3 Å². The van der Waals surface area contributed by atoms with Gasteiger partial charge in [-0.1, -0.05) is 35.9 Å². The van der Waals surface area contributed by atoms with Crippen LogP contribution in [0.3, 0.4) is 0 Å². The molecule has 0 fully saturated rings. The van der Waals surface area contributed by atoms with E-state index in [0.29, 0.717) is 11.4 Å². The van der Waals surface area contributed by atoms with Crippen LogP contribution in [0.15, 0.2) is 42.5 Å². The largest absolute Gasteiger partial charge is 0.495 e. The number of nitrogens with zero attached hydrogens (tertiary/aromatic N) is 1. The van der Waals surface area contributed by atoms with Crippen molar-refractivity contribution in [1.82, 2.24) is 5.32 Å². The number of hydrogen-bond donors (Lipinski definition) is 1. The van der Waals surface area contributed by atoms with Crippen LogP contribution in [0.4, 0.5) is 5.69 Å². The van der Waals surface area contributed by atoms with Crippen LogP contribution in [0.1, 0.15) is 36.6 Å². The standard InChI is InChI=1S/C21H28N2O4S/c1-14-7-10-18(11-8-14)16(3)22-21(24)17(4)23(28(6,25)26)19-13-15(2)9-12-20(19)27-5/h7-13,16-17H,1-6H3,(H,22,24). The number of sulfonamides is 1. The number of benzene rings is 2. The summed E-state index contributed by atoms with van der Waals surface area (Å²) in [6.07, 6.45) is 1.09. The van der Waals surface area contributed by atoms with Crippen LogP contribution in [0.25, 0.3) is 0 Å². The number of hydrogen-bond acceptors (Lipinski definition) is 4. The number of aryl methyl sites for hydroxylation is 2. The Balaban J connectivity index is 2.33. The molecule has 2 aromatic carbocycles. The zero-order valence-corrected chi connectivity index (χ0v) is 18.0. The van der Waals surface area contributed by atoms with E-state index in [9.17, 15) is 13.2 Å².